The second-order valence-corrected chi connectivity index (χ2v) is 7.60. The minimum Gasteiger partial charge on any atom is -0.491 e. The Bertz CT molecular complexity index is 814. The van der Waals surface area contributed by atoms with E-state index in [9.17, 15) is 0 Å². The first-order valence-electron chi connectivity index (χ1n) is 10.3. The third-order valence-corrected chi connectivity index (χ3v) is 5.05. The molecule has 1 atom stereocenters. The largest absolute Gasteiger partial charge is 0.491 e. The van der Waals surface area contributed by atoms with Gasteiger partial charge >= 0.3 is 0 Å². The molecule has 1 radical (unpaired) electrons. The van der Waals surface area contributed by atoms with Gasteiger partial charge in [0.1, 0.15) is 5.75 Å². The van der Waals surface area contributed by atoms with Gasteiger partial charge in [-0.1, -0.05) is 48.5 Å². The zero-order valence-corrected chi connectivity index (χ0v) is 17.0. The fourth-order valence-corrected chi connectivity index (χ4v) is 3.65. The van der Waals surface area contributed by atoms with Gasteiger partial charge in [0, 0.05) is 12.4 Å². The normalized spacial score (nSPS) is 12.1. The second kappa shape index (κ2) is 10.7. The molecule has 0 aliphatic rings. The van der Waals surface area contributed by atoms with Crippen molar-refractivity contribution in [2.24, 2.45) is 0 Å². The van der Waals surface area contributed by atoms with Crippen LogP contribution < -0.4 is 4.74 Å². The Balaban J connectivity index is 1.65. The maximum atomic E-state index is 5.98. The van der Waals surface area contributed by atoms with Crippen LogP contribution in [0.25, 0.3) is 0 Å². The number of aryl methyl sites for hydroxylation is 2. The van der Waals surface area contributed by atoms with Gasteiger partial charge in [-0.05, 0) is 86.8 Å². The Morgan fingerprint density at radius 1 is 0.964 bits per heavy atom. The van der Waals surface area contributed by atoms with E-state index in [1.54, 1.807) is 0 Å². The van der Waals surface area contributed by atoms with Crippen molar-refractivity contribution in [2.45, 2.75) is 58.0 Å². The van der Waals surface area contributed by atoms with E-state index in [0.29, 0.717) is 5.92 Å². The van der Waals surface area contributed by atoms with Crippen molar-refractivity contribution >= 4 is 0 Å². The molecular weight excluding hydrogens is 342 g/mol. The third-order valence-electron chi connectivity index (χ3n) is 5.05. The summed E-state index contributed by atoms with van der Waals surface area (Å²) in [7, 11) is 0. The lowest BCUT2D eigenvalue weighted by atomic mass is 9.87. The molecule has 145 valence electrons. The fourth-order valence-electron chi connectivity index (χ4n) is 3.65. The number of pyridine rings is 1. The van der Waals surface area contributed by atoms with Gasteiger partial charge in [-0.15, -0.1) is 0 Å². The maximum absolute atomic E-state index is 5.98. The van der Waals surface area contributed by atoms with Crippen molar-refractivity contribution < 1.29 is 4.74 Å². The molecule has 3 rings (SSSR count). The SMILES string of the molecule is CC(C)Oc1c[c]ccc1CCC(CCCc1cccnc1)c1ccccc1. The molecule has 1 heterocycles. The fraction of sp³-hybridized carbons (Fsp3) is 0.346. The molecule has 0 aliphatic carbocycles. The molecule has 0 N–H and O–H groups in total. The van der Waals surface area contributed by atoms with Crippen molar-refractivity contribution in [3.05, 3.63) is 95.8 Å². The van der Waals surface area contributed by atoms with Gasteiger partial charge in [-0.2, -0.15) is 0 Å². The van der Waals surface area contributed by atoms with Crippen molar-refractivity contribution in [2.75, 3.05) is 0 Å². The molecule has 1 aromatic heterocycles. The second-order valence-electron chi connectivity index (χ2n) is 7.60. The van der Waals surface area contributed by atoms with E-state index in [-0.39, 0.29) is 6.10 Å². The molecule has 1 unspecified atom stereocenters. The van der Waals surface area contributed by atoms with Crippen LogP contribution in [-0.4, -0.2) is 11.1 Å². The minimum absolute atomic E-state index is 0.180. The van der Waals surface area contributed by atoms with Gasteiger partial charge in [0.25, 0.3) is 0 Å². The van der Waals surface area contributed by atoms with Crippen LogP contribution in [0.5, 0.6) is 5.75 Å². The van der Waals surface area contributed by atoms with Gasteiger partial charge < -0.3 is 4.74 Å². The van der Waals surface area contributed by atoms with Crippen molar-refractivity contribution in [3.8, 4) is 5.75 Å². The number of hydrogen-bond acceptors (Lipinski definition) is 2. The zero-order chi connectivity index (χ0) is 19.6. The Morgan fingerprint density at radius 2 is 1.82 bits per heavy atom. The van der Waals surface area contributed by atoms with Gasteiger partial charge in [-0.25, -0.2) is 0 Å². The first-order valence-corrected chi connectivity index (χ1v) is 10.3. The predicted octanol–water partition coefficient (Wildman–Crippen LogP) is 6.41. The van der Waals surface area contributed by atoms with Crippen molar-refractivity contribution in [1.82, 2.24) is 4.98 Å². The zero-order valence-electron chi connectivity index (χ0n) is 17.0. The van der Waals surface area contributed by atoms with E-state index >= 15 is 0 Å². The summed E-state index contributed by atoms with van der Waals surface area (Å²) in [6.45, 7) is 4.14. The van der Waals surface area contributed by atoms with Gasteiger partial charge in [-0.3, -0.25) is 4.98 Å². The van der Waals surface area contributed by atoms with E-state index in [1.807, 2.05) is 30.6 Å². The van der Waals surface area contributed by atoms with E-state index in [2.05, 4.69) is 67.4 Å². The number of nitrogens with zero attached hydrogens (tertiary/aromatic N) is 1. The summed E-state index contributed by atoms with van der Waals surface area (Å²) in [6, 6.07) is 24.4. The monoisotopic (exact) mass is 372 g/mol. The first kappa shape index (κ1) is 20.1. The molecule has 0 amide bonds. The molecule has 0 spiro atoms. The maximum Gasteiger partial charge on any atom is 0.123 e. The summed E-state index contributed by atoms with van der Waals surface area (Å²) in [6.07, 6.45) is 9.57. The Labute approximate surface area is 169 Å². The number of ether oxygens (including phenoxy) is 1. The molecule has 2 nitrogen and oxygen atoms in total. The van der Waals surface area contributed by atoms with Crippen LogP contribution in [0.3, 0.4) is 0 Å². The number of benzene rings is 2. The van der Waals surface area contributed by atoms with E-state index in [4.69, 9.17) is 4.74 Å². The summed E-state index contributed by atoms with van der Waals surface area (Å²) in [4.78, 5) is 4.23. The standard InChI is InChI=1S/C26H30NO/c1-21(2)28-26-16-7-6-14-25(26)18-17-24(23-12-4-3-5-13-23)15-8-10-22-11-9-19-27-20-22/h3-6,9,11-14,16,19-21,24H,8,10,15,17-18H2,1-2H3. The molecule has 2 heteroatoms. The highest BCUT2D eigenvalue weighted by molar-refractivity contribution is 5.33. The summed E-state index contributed by atoms with van der Waals surface area (Å²) in [5, 5.41) is 0. The summed E-state index contributed by atoms with van der Waals surface area (Å²) >= 11 is 0. The molecule has 28 heavy (non-hydrogen) atoms. The predicted molar refractivity (Wildman–Crippen MR) is 116 cm³/mol. The van der Waals surface area contributed by atoms with Crippen molar-refractivity contribution in [3.63, 3.8) is 0 Å². The lowest BCUT2D eigenvalue weighted by Gasteiger charge is -2.19. The third kappa shape index (κ3) is 6.23. The van der Waals surface area contributed by atoms with E-state index in [1.165, 1.54) is 29.5 Å². The molecule has 0 saturated heterocycles. The highest BCUT2D eigenvalue weighted by Gasteiger charge is 2.14. The highest BCUT2D eigenvalue weighted by Crippen LogP contribution is 2.29. The molecule has 0 fully saturated rings. The first-order chi connectivity index (χ1) is 13.7. The summed E-state index contributed by atoms with van der Waals surface area (Å²) in [5.74, 6) is 1.52. The van der Waals surface area contributed by atoms with Crippen LogP contribution in [0.1, 0.15) is 55.7 Å². The van der Waals surface area contributed by atoms with Crippen LogP contribution in [0.2, 0.25) is 0 Å². The topological polar surface area (TPSA) is 22.1 Å². The Hall–Kier alpha value is -2.61. The van der Waals surface area contributed by atoms with Crippen molar-refractivity contribution in [1.29, 1.82) is 0 Å². The average molecular weight is 373 g/mol. The van der Waals surface area contributed by atoms with Crippen LogP contribution in [0.15, 0.2) is 73.1 Å². The van der Waals surface area contributed by atoms with E-state index < -0.39 is 0 Å². The molecule has 0 aliphatic heterocycles. The molecule has 0 bridgehead atoms. The van der Waals surface area contributed by atoms with Crippen LogP contribution >= 0.6 is 0 Å². The quantitative estimate of drug-likeness (QED) is 0.410. The Morgan fingerprint density at radius 3 is 2.57 bits per heavy atom. The number of aromatic nitrogens is 1. The summed E-state index contributed by atoms with van der Waals surface area (Å²) in [5.41, 5.74) is 4.03. The van der Waals surface area contributed by atoms with Gasteiger partial charge in [0.2, 0.25) is 0 Å². The number of hydrogen-bond donors (Lipinski definition) is 0. The Kier molecular flexibility index (Phi) is 7.66. The summed E-state index contributed by atoms with van der Waals surface area (Å²) < 4.78 is 5.98. The van der Waals surface area contributed by atoms with Gasteiger partial charge in [0.05, 0.1) is 6.10 Å². The lowest BCUT2D eigenvalue weighted by Crippen LogP contribution is -2.08. The molecule has 2 aromatic carbocycles. The highest BCUT2D eigenvalue weighted by atomic mass is 16.5. The molecule has 0 saturated carbocycles. The average Bonchev–Trinajstić information content (AvgIpc) is 2.72. The van der Waals surface area contributed by atoms with Crippen LogP contribution in [0, 0.1) is 6.07 Å². The lowest BCUT2D eigenvalue weighted by molar-refractivity contribution is 0.239. The number of rotatable bonds is 10. The minimum atomic E-state index is 0.180. The van der Waals surface area contributed by atoms with E-state index in [0.717, 1.165) is 25.0 Å². The molecular formula is C26H30NO. The van der Waals surface area contributed by atoms with Crippen LogP contribution in [0.4, 0.5) is 0 Å². The molecule has 3 aromatic rings. The van der Waals surface area contributed by atoms with Crippen LogP contribution in [-0.2, 0) is 12.8 Å². The van der Waals surface area contributed by atoms with Gasteiger partial charge in [0.15, 0.2) is 0 Å². The smallest absolute Gasteiger partial charge is 0.123 e.